The van der Waals surface area contributed by atoms with E-state index >= 15 is 0 Å². The topological polar surface area (TPSA) is 44.1 Å². The van der Waals surface area contributed by atoms with Gasteiger partial charge in [0.2, 0.25) is 0 Å². The highest BCUT2D eigenvalue weighted by atomic mass is 32.2. The molecule has 5 rings (SSSR count). The first-order valence-electron chi connectivity index (χ1n) is 13.3. The van der Waals surface area contributed by atoms with Gasteiger partial charge in [-0.05, 0) is 63.9 Å². The van der Waals surface area contributed by atoms with E-state index in [1.54, 1.807) is 11.8 Å². The molecule has 2 aliphatic carbocycles. The van der Waals surface area contributed by atoms with Crippen LogP contribution < -0.4 is 5.56 Å². The van der Waals surface area contributed by atoms with Crippen molar-refractivity contribution in [2.45, 2.75) is 108 Å². The van der Waals surface area contributed by atoms with Crippen LogP contribution in [0.1, 0.15) is 96.2 Å². The van der Waals surface area contributed by atoms with Crippen LogP contribution in [0.3, 0.4) is 0 Å². The SMILES string of the molecule is CC(C)CCSc1nc2c(c(=O)n1C1CCOC(C)(C)C1)C1(CCCCC1)Cc1ccccc1-2. The number of thioether (sulfide) groups is 1. The molecule has 1 aliphatic heterocycles. The Morgan fingerprint density at radius 3 is 2.68 bits per heavy atom. The third-order valence-corrected chi connectivity index (χ3v) is 9.17. The van der Waals surface area contributed by atoms with E-state index in [4.69, 9.17) is 9.72 Å². The molecule has 1 aromatic carbocycles. The lowest BCUT2D eigenvalue weighted by atomic mass is 9.62. The summed E-state index contributed by atoms with van der Waals surface area (Å²) in [5.74, 6) is 1.63. The van der Waals surface area contributed by atoms with Gasteiger partial charge in [-0.15, -0.1) is 0 Å². The summed E-state index contributed by atoms with van der Waals surface area (Å²) in [6.45, 7) is 9.53. The molecule has 2 fully saturated rings. The molecule has 3 aliphatic rings. The molecule has 0 radical (unpaired) electrons. The van der Waals surface area contributed by atoms with Gasteiger partial charge in [-0.2, -0.15) is 0 Å². The van der Waals surface area contributed by atoms with Crippen LogP contribution in [0.5, 0.6) is 0 Å². The monoisotopic (exact) mass is 480 g/mol. The number of hydrogen-bond acceptors (Lipinski definition) is 4. The van der Waals surface area contributed by atoms with Gasteiger partial charge in [0.25, 0.3) is 5.56 Å². The number of fused-ring (bicyclic) bond motifs is 4. The van der Waals surface area contributed by atoms with Crippen molar-refractivity contribution in [2.24, 2.45) is 5.92 Å². The van der Waals surface area contributed by atoms with Gasteiger partial charge < -0.3 is 4.74 Å². The standard InChI is InChI=1S/C29H40N2O2S/c1-20(2)13-17-34-27-30-25-23-11-7-6-10-21(23)18-29(14-8-5-9-15-29)24(25)26(32)31(27)22-12-16-33-28(3,4)19-22/h6-7,10-11,20,22H,5,8-9,12-19H2,1-4H3. The molecule has 5 heteroatoms. The van der Waals surface area contributed by atoms with Crippen molar-refractivity contribution in [3.05, 3.63) is 45.7 Å². The minimum absolute atomic E-state index is 0.0599. The lowest BCUT2D eigenvalue weighted by Gasteiger charge is -2.43. The summed E-state index contributed by atoms with van der Waals surface area (Å²) < 4.78 is 8.15. The highest BCUT2D eigenvalue weighted by molar-refractivity contribution is 7.99. The predicted molar refractivity (Wildman–Crippen MR) is 141 cm³/mol. The summed E-state index contributed by atoms with van der Waals surface area (Å²) in [5.41, 5.74) is 4.49. The van der Waals surface area contributed by atoms with Gasteiger partial charge in [0.1, 0.15) is 0 Å². The largest absolute Gasteiger partial charge is 0.375 e. The fourth-order valence-electron chi connectivity index (χ4n) is 6.43. The third-order valence-electron chi connectivity index (χ3n) is 8.19. The average Bonchev–Trinajstić information content (AvgIpc) is 2.78. The lowest BCUT2D eigenvalue weighted by Crippen LogP contribution is -2.45. The minimum Gasteiger partial charge on any atom is -0.375 e. The van der Waals surface area contributed by atoms with Crippen molar-refractivity contribution in [1.82, 2.24) is 9.55 Å². The van der Waals surface area contributed by atoms with Crippen molar-refractivity contribution in [3.8, 4) is 11.3 Å². The second-order valence-corrected chi connectivity index (χ2v) is 12.8. The van der Waals surface area contributed by atoms with Crippen molar-refractivity contribution in [3.63, 3.8) is 0 Å². The first-order valence-corrected chi connectivity index (χ1v) is 14.3. The second kappa shape index (κ2) is 9.46. The molecular formula is C29H40N2O2S. The van der Waals surface area contributed by atoms with Crippen LogP contribution in [-0.2, 0) is 16.6 Å². The van der Waals surface area contributed by atoms with Crippen LogP contribution >= 0.6 is 11.8 Å². The molecule has 1 saturated heterocycles. The smallest absolute Gasteiger partial charge is 0.258 e. The number of benzene rings is 1. The Kier molecular flexibility index (Phi) is 6.71. The molecule has 184 valence electrons. The van der Waals surface area contributed by atoms with Gasteiger partial charge in [0, 0.05) is 29.4 Å². The summed E-state index contributed by atoms with van der Waals surface area (Å²) in [5, 5.41) is 0.912. The number of rotatable bonds is 5. The second-order valence-electron chi connectivity index (χ2n) is 11.8. The summed E-state index contributed by atoms with van der Waals surface area (Å²) >= 11 is 1.78. The maximum Gasteiger partial charge on any atom is 0.258 e. The molecule has 0 amide bonds. The molecule has 2 aromatic rings. The molecule has 1 unspecified atom stereocenters. The fourth-order valence-corrected chi connectivity index (χ4v) is 7.73. The highest BCUT2D eigenvalue weighted by Crippen LogP contribution is 2.49. The Balaban J connectivity index is 1.70. The van der Waals surface area contributed by atoms with Crippen molar-refractivity contribution in [1.29, 1.82) is 0 Å². The van der Waals surface area contributed by atoms with Crippen LogP contribution in [0.2, 0.25) is 0 Å². The van der Waals surface area contributed by atoms with Crippen molar-refractivity contribution in [2.75, 3.05) is 12.4 Å². The van der Waals surface area contributed by atoms with E-state index in [0.29, 0.717) is 12.5 Å². The maximum atomic E-state index is 14.6. The van der Waals surface area contributed by atoms with Crippen LogP contribution in [0.15, 0.2) is 34.2 Å². The van der Waals surface area contributed by atoms with Gasteiger partial charge in [0.05, 0.1) is 16.9 Å². The Morgan fingerprint density at radius 2 is 1.94 bits per heavy atom. The summed E-state index contributed by atoms with van der Waals surface area (Å²) in [4.78, 5) is 20.0. The number of ether oxygens (including phenoxy) is 1. The maximum absolute atomic E-state index is 14.6. The zero-order valence-corrected chi connectivity index (χ0v) is 22.2. The molecule has 0 bridgehead atoms. The molecular weight excluding hydrogens is 440 g/mol. The summed E-state index contributed by atoms with van der Waals surface area (Å²) in [6.07, 6.45) is 9.72. The van der Waals surface area contributed by atoms with Crippen molar-refractivity contribution >= 4 is 11.8 Å². The van der Waals surface area contributed by atoms with Gasteiger partial charge in [-0.25, -0.2) is 4.98 Å². The number of nitrogens with zero attached hydrogens (tertiary/aromatic N) is 2. The molecule has 1 spiro atoms. The highest BCUT2D eigenvalue weighted by Gasteiger charge is 2.44. The molecule has 4 nitrogen and oxygen atoms in total. The van der Waals surface area contributed by atoms with E-state index in [0.717, 1.165) is 60.7 Å². The van der Waals surface area contributed by atoms with E-state index < -0.39 is 0 Å². The lowest BCUT2D eigenvalue weighted by molar-refractivity contribution is -0.0710. The van der Waals surface area contributed by atoms with Crippen LogP contribution in [0, 0.1) is 5.92 Å². The molecule has 1 saturated carbocycles. The average molecular weight is 481 g/mol. The predicted octanol–water partition coefficient (Wildman–Crippen LogP) is 6.94. The Bertz CT molecular complexity index is 1100. The number of hydrogen-bond donors (Lipinski definition) is 0. The molecule has 0 N–H and O–H groups in total. The fraction of sp³-hybridized carbons (Fsp3) is 0.655. The normalized spacial score (nSPS) is 23.0. The van der Waals surface area contributed by atoms with Crippen LogP contribution in [0.4, 0.5) is 0 Å². The van der Waals surface area contributed by atoms with Gasteiger partial charge in [0.15, 0.2) is 5.16 Å². The van der Waals surface area contributed by atoms with E-state index in [1.807, 2.05) is 0 Å². The molecule has 2 heterocycles. The Hall–Kier alpha value is -1.59. The third kappa shape index (κ3) is 4.51. The van der Waals surface area contributed by atoms with Crippen LogP contribution in [-0.4, -0.2) is 27.5 Å². The van der Waals surface area contributed by atoms with E-state index in [-0.39, 0.29) is 22.6 Å². The zero-order chi connectivity index (χ0) is 23.9. The molecule has 34 heavy (non-hydrogen) atoms. The van der Waals surface area contributed by atoms with E-state index in [1.165, 1.54) is 30.4 Å². The van der Waals surface area contributed by atoms with Gasteiger partial charge >= 0.3 is 0 Å². The zero-order valence-electron chi connectivity index (χ0n) is 21.4. The molecule has 1 aromatic heterocycles. The Labute approximate surface area is 208 Å². The van der Waals surface area contributed by atoms with Crippen LogP contribution in [0.25, 0.3) is 11.3 Å². The first kappa shape index (κ1) is 24.1. The summed E-state index contributed by atoms with van der Waals surface area (Å²) in [7, 11) is 0. The van der Waals surface area contributed by atoms with E-state index in [9.17, 15) is 4.79 Å². The molecule has 1 atom stereocenters. The van der Waals surface area contributed by atoms with Gasteiger partial charge in [-0.1, -0.05) is 69.1 Å². The van der Waals surface area contributed by atoms with E-state index in [2.05, 4.69) is 56.5 Å². The quantitative estimate of drug-likeness (QED) is 0.343. The van der Waals surface area contributed by atoms with Gasteiger partial charge in [-0.3, -0.25) is 9.36 Å². The summed E-state index contributed by atoms with van der Waals surface area (Å²) in [6, 6.07) is 8.83. The minimum atomic E-state index is -0.215. The number of aromatic nitrogens is 2. The Morgan fingerprint density at radius 1 is 1.18 bits per heavy atom. The van der Waals surface area contributed by atoms with Crippen molar-refractivity contribution < 1.29 is 4.74 Å². The first-order chi connectivity index (χ1) is 16.3.